The maximum Gasteiger partial charge on any atom is 0.330 e. The number of hydrogen-bond donors (Lipinski definition) is 2. The lowest BCUT2D eigenvalue weighted by molar-refractivity contribution is -0.0944. The van der Waals surface area contributed by atoms with Crippen molar-refractivity contribution >= 4 is 0 Å². The summed E-state index contributed by atoms with van der Waals surface area (Å²) in [4.78, 5) is 26.5. The van der Waals surface area contributed by atoms with E-state index in [1.54, 1.807) is 0 Å². The van der Waals surface area contributed by atoms with Crippen LogP contribution in [0.2, 0.25) is 0 Å². The summed E-state index contributed by atoms with van der Waals surface area (Å²) in [5.41, 5.74) is 0.506. The molecule has 0 saturated carbocycles. The highest BCUT2D eigenvalue weighted by Crippen LogP contribution is 2.41. The topological polar surface area (TPSA) is 93.6 Å². The Labute approximate surface area is 214 Å². The SMILES string of the molecule is C#Cc1cn(C2CC(O)C(COC(c3ccccc3)(c3ccccc3)c3ccccc3)O2)c(=O)[nH]c1=O. The summed E-state index contributed by atoms with van der Waals surface area (Å²) < 4.78 is 14.0. The van der Waals surface area contributed by atoms with E-state index in [1.165, 1.54) is 10.8 Å². The Morgan fingerprint density at radius 3 is 1.95 bits per heavy atom. The van der Waals surface area contributed by atoms with Crippen LogP contribution in [-0.4, -0.2) is 33.5 Å². The van der Waals surface area contributed by atoms with Gasteiger partial charge in [-0.2, -0.15) is 0 Å². The van der Waals surface area contributed by atoms with Crippen LogP contribution >= 0.6 is 0 Å². The highest BCUT2D eigenvalue weighted by atomic mass is 16.6. The van der Waals surface area contributed by atoms with Crippen molar-refractivity contribution in [3.8, 4) is 12.3 Å². The fraction of sp³-hybridized carbons (Fsp3) is 0.200. The maximum absolute atomic E-state index is 12.4. The first-order valence-corrected chi connectivity index (χ1v) is 12.0. The third-order valence-corrected chi connectivity index (χ3v) is 6.64. The highest BCUT2D eigenvalue weighted by molar-refractivity contribution is 5.47. The Morgan fingerprint density at radius 1 is 0.946 bits per heavy atom. The molecule has 4 aromatic rings. The number of terminal acetylenes is 1. The van der Waals surface area contributed by atoms with E-state index in [0.717, 1.165) is 16.7 Å². The molecule has 0 bridgehead atoms. The van der Waals surface area contributed by atoms with E-state index in [9.17, 15) is 14.7 Å². The molecule has 37 heavy (non-hydrogen) atoms. The van der Waals surface area contributed by atoms with E-state index >= 15 is 0 Å². The number of nitrogens with zero attached hydrogens (tertiary/aromatic N) is 1. The first-order valence-electron chi connectivity index (χ1n) is 12.0. The van der Waals surface area contributed by atoms with Crippen LogP contribution in [0.1, 0.15) is 34.9 Å². The fourth-order valence-corrected chi connectivity index (χ4v) is 4.81. The van der Waals surface area contributed by atoms with Gasteiger partial charge in [0.05, 0.1) is 12.7 Å². The quantitative estimate of drug-likeness (QED) is 0.304. The summed E-state index contributed by atoms with van der Waals surface area (Å²) in [6.07, 6.45) is 4.37. The molecular weight excluding hydrogens is 468 g/mol. The van der Waals surface area contributed by atoms with Gasteiger partial charge in [-0.05, 0) is 16.7 Å². The van der Waals surface area contributed by atoms with Gasteiger partial charge in [-0.1, -0.05) is 96.9 Å². The number of aliphatic hydroxyl groups excluding tert-OH is 1. The van der Waals surface area contributed by atoms with Crippen LogP contribution in [0.5, 0.6) is 0 Å². The Morgan fingerprint density at radius 2 is 1.46 bits per heavy atom. The van der Waals surface area contributed by atoms with Crippen molar-refractivity contribution in [2.75, 3.05) is 6.61 Å². The average molecular weight is 495 g/mol. The average Bonchev–Trinajstić information content (AvgIpc) is 3.31. The van der Waals surface area contributed by atoms with Crippen LogP contribution in [0.3, 0.4) is 0 Å². The largest absolute Gasteiger partial charge is 0.390 e. The molecule has 0 amide bonds. The molecule has 1 saturated heterocycles. The molecule has 3 atom stereocenters. The van der Waals surface area contributed by atoms with Gasteiger partial charge in [0.1, 0.15) is 23.5 Å². The Kier molecular flexibility index (Phi) is 6.89. The van der Waals surface area contributed by atoms with Crippen molar-refractivity contribution in [1.29, 1.82) is 0 Å². The van der Waals surface area contributed by atoms with Crippen molar-refractivity contribution in [2.45, 2.75) is 30.5 Å². The Hall–Kier alpha value is -4.22. The smallest absolute Gasteiger partial charge is 0.330 e. The second kappa shape index (κ2) is 10.4. The third kappa shape index (κ3) is 4.66. The summed E-state index contributed by atoms with van der Waals surface area (Å²) in [5.74, 6) is 2.26. The molecule has 0 aliphatic carbocycles. The van der Waals surface area contributed by atoms with Gasteiger partial charge >= 0.3 is 5.69 Å². The van der Waals surface area contributed by atoms with E-state index in [0.29, 0.717) is 0 Å². The van der Waals surface area contributed by atoms with Crippen LogP contribution in [0, 0.1) is 12.3 Å². The van der Waals surface area contributed by atoms with E-state index in [2.05, 4.69) is 10.9 Å². The maximum atomic E-state index is 12.4. The van der Waals surface area contributed by atoms with E-state index < -0.39 is 35.3 Å². The van der Waals surface area contributed by atoms with Crippen LogP contribution < -0.4 is 11.2 Å². The van der Waals surface area contributed by atoms with Crippen LogP contribution in [-0.2, 0) is 15.1 Å². The molecule has 1 aromatic heterocycles. The molecule has 1 fully saturated rings. The molecule has 186 valence electrons. The first-order chi connectivity index (χ1) is 18.0. The van der Waals surface area contributed by atoms with Gasteiger partial charge in [0.25, 0.3) is 5.56 Å². The number of H-pyrrole nitrogens is 1. The predicted octanol–water partition coefficient (Wildman–Crippen LogP) is 3.18. The number of hydrogen-bond acceptors (Lipinski definition) is 5. The molecule has 0 radical (unpaired) electrons. The lowest BCUT2D eigenvalue weighted by atomic mass is 9.80. The number of rotatable bonds is 7. The van der Waals surface area contributed by atoms with Crippen molar-refractivity contribution in [2.24, 2.45) is 0 Å². The molecule has 2 N–H and O–H groups in total. The number of nitrogens with one attached hydrogen (secondary N) is 1. The minimum absolute atomic E-state index is 0.00800. The standard InChI is InChI=1S/C30H26N2O5/c1-2-21-19-32(29(35)31-28(21)34)27-18-25(33)26(37-27)20-36-30(22-12-6-3-7-13-22,23-14-8-4-9-15-23)24-16-10-5-11-17-24/h1,3-17,19,25-27,33H,18,20H2,(H,31,34,35). The van der Waals surface area contributed by atoms with Gasteiger partial charge in [-0.15, -0.1) is 6.42 Å². The van der Waals surface area contributed by atoms with Crippen molar-refractivity contribution in [1.82, 2.24) is 9.55 Å². The molecule has 5 rings (SSSR count). The van der Waals surface area contributed by atoms with Gasteiger partial charge in [0.2, 0.25) is 0 Å². The van der Waals surface area contributed by atoms with Gasteiger partial charge in [0, 0.05) is 12.6 Å². The monoisotopic (exact) mass is 494 g/mol. The number of aliphatic hydroxyl groups is 1. The summed E-state index contributed by atoms with van der Waals surface area (Å²) in [6.45, 7) is 0.0381. The Bertz CT molecular complexity index is 1410. The zero-order valence-electron chi connectivity index (χ0n) is 20.0. The van der Waals surface area contributed by atoms with Gasteiger partial charge in [-0.3, -0.25) is 14.3 Å². The summed E-state index contributed by atoms with van der Waals surface area (Å²) in [7, 11) is 0. The van der Waals surface area contributed by atoms with Crippen molar-refractivity contribution < 1.29 is 14.6 Å². The lowest BCUT2D eigenvalue weighted by Gasteiger charge is -2.37. The fourth-order valence-electron chi connectivity index (χ4n) is 4.81. The summed E-state index contributed by atoms with van der Waals surface area (Å²) in [6, 6.07) is 29.7. The summed E-state index contributed by atoms with van der Waals surface area (Å²) >= 11 is 0. The molecule has 2 heterocycles. The van der Waals surface area contributed by atoms with E-state index in [1.807, 2.05) is 91.0 Å². The first kappa shape index (κ1) is 24.5. The predicted molar refractivity (Wildman–Crippen MR) is 139 cm³/mol. The zero-order valence-corrected chi connectivity index (χ0v) is 20.0. The molecule has 3 aromatic carbocycles. The molecular formula is C30H26N2O5. The Balaban J connectivity index is 1.50. The highest BCUT2D eigenvalue weighted by Gasteiger charge is 2.41. The second-order valence-electron chi connectivity index (χ2n) is 8.88. The van der Waals surface area contributed by atoms with E-state index in [-0.39, 0.29) is 18.6 Å². The normalized spacial score (nSPS) is 19.4. The minimum Gasteiger partial charge on any atom is -0.390 e. The third-order valence-electron chi connectivity index (χ3n) is 6.64. The van der Waals surface area contributed by atoms with Gasteiger partial charge < -0.3 is 14.6 Å². The number of ether oxygens (including phenoxy) is 2. The number of aromatic nitrogens is 2. The number of benzene rings is 3. The van der Waals surface area contributed by atoms with Crippen LogP contribution in [0.4, 0.5) is 0 Å². The molecule has 0 spiro atoms. The molecule has 1 aliphatic heterocycles. The summed E-state index contributed by atoms with van der Waals surface area (Å²) in [5, 5.41) is 10.9. The minimum atomic E-state index is -0.976. The van der Waals surface area contributed by atoms with Crippen LogP contribution in [0.15, 0.2) is 107 Å². The van der Waals surface area contributed by atoms with Crippen molar-refractivity contribution in [3.05, 3.63) is 140 Å². The second-order valence-corrected chi connectivity index (χ2v) is 8.88. The zero-order chi connectivity index (χ0) is 25.8. The molecule has 1 aliphatic rings. The molecule has 7 nitrogen and oxygen atoms in total. The van der Waals surface area contributed by atoms with Gasteiger partial charge in [-0.25, -0.2) is 4.79 Å². The van der Waals surface area contributed by atoms with E-state index in [4.69, 9.17) is 15.9 Å². The van der Waals surface area contributed by atoms with Crippen molar-refractivity contribution in [3.63, 3.8) is 0 Å². The molecule has 3 unspecified atom stereocenters. The van der Waals surface area contributed by atoms with Gasteiger partial charge in [0.15, 0.2) is 0 Å². The molecule has 7 heteroatoms. The number of aromatic amines is 1. The lowest BCUT2D eigenvalue weighted by Crippen LogP contribution is -2.38. The van der Waals surface area contributed by atoms with Crippen LogP contribution in [0.25, 0.3) is 0 Å².